The quantitative estimate of drug-likeness (QED) is 0.410. The maximum absolute atomic E-state index is 4.94. The minimum atomic E-state index is 0. The van der Waals surface area contributed by atoms with Crippen molar-refractivity contribution in [3.05, 3.63) is 0 Å². The standard InChI is InChI=1S/C4H8O.Al.3H/c1-2-4-5-3-1;;;;/h1-4H2;;;;/q;+3;3*-1. The first-order chi connectivity index (χ1) is 2.50. The molecule has 0 spiro atoms. The largest absolute Gasteiger partial charge is 3.00 e. The number of rotatable bonds is 0. The molecule has 0 aromatic rings. The number of ether oxygens (including phenoxy) is 1. The third-order valence-electron chi connectivity index (χ3n) is 0.827. The Morgan fingerprint density at radius 3 is 1.83 bits per heavy atom. The Morgan fingerprint density at radius 2 is 1.67 bits per heavy atom. The molecule has 1 aliphatic heterocycles. The maximum Gasteiger partial charge on any atom is 3.00 e. The van der Waals surface area contributed by atoms with Gasteiger partial charge in [-0.3, -0.25) is 0 Å². The summed E-state index contributed by atoms with van der Waals surface area (Å²) < 4.78 is 4.94. The Hall–Kier alpha value is 0.492. The molecule has 0 unspecified atom stereocenters. The zero-order valence-corrected chi connectivity index (χ0v) is 4.97. The minimum absolute atomic E-state index is 0. The van der Waals surface area contributed by atoms with Gasteiger partial charge in [0.2, 0.25) is 0 Å². The van der Waals surface area contributed by atoms with Crippen LogP contribution in [-0.4, -0.2) is 30.6 Å². The van der Waals surface area contributed by atoms with Crippen molar-refractivity contribution in [3.8, 4) is 0 Å². The third-order valence-corrected chi connectivity index (χ3v) is 0.827. The van der Waals surface area contributed by atoms with Crippen molar-refractivity contribution >= 4 is 17.4 Å². The Balaban J connectivity index is -0.0000000312. The molecule has 0 amide bonds. The van der Waals surface area contributed by atoms with Gasteiger partial charge in [-0.05, 0) is 12.8 Å². The predicted octanol–water partition coefficient (Wildman–Crippen LogP) is 0.753. The molecule has 36 valence electrons. The zero-order chi connectivity index (χ0) is 3.54. The van der Waals surface area contributed by atoms with Crippen LogP contribution in [0.1, 0.15) is 17.1 Å². The van der Waals surface area contributed by atoms with Gasteiger partial charge < -0.3 is 9.02 Å². The van der Waals surface area contributed by atoms with Crippen molar-refractivity contribution < 1.29 is 9.02 Å². The van der Waals surface area contributed by atoms with Crippen LogP contribution >= 0.6 is 0 Å². The summed E-state index contributed by atoms with van der Waals surface area (Å²) in [7, 11) is 0. The van der Waals surface area contributed by atoms with Gasteiger partial charge in [0.25, 0.3) is 0 Å². The van der Waals surface area contributed by atoms with E-state index in [2.05, 4.69) is 0 Å². The van der Waals surface area contributed by atoms with Crippen molar-refractivity contribution in [2.24, 2.45) is 0 Å². The molecule has 0 saturated carbocycles. The summed E-state index contributed by atoms with van der Waals surface area (Å²) in [5.41, 5.74) is 0. The Labute approximate surface area is 53.3 Å². The topological polar surface area (TPSA) is 9.23 Å². The van der Waals surface area contributed by atoms with E-state index in [1.807, 2.05) is 0 Å². The second-order valence-corrected chi connectivity index (χ2v) is 1.32. The monoisotopic (exact) mass is 102 g/mol. The fraction of sp³-hybridized carbons (Fsp3) is 1.00. The fourth-order valence-electron chi connectivity index (χ4n) is 0.510. The average molecular weight is 102 g/mol. The number of hydrogen-bond donors (Lipinski definition) is 0. The normalized spacial score (nSPS) is 20.0. The van der Waals surface area contributed by atoms with Crippen LogP contribution in [-0.2, 0) is 4.74 Å². The molecule has 0 aromatic heterocycles. The molecular weight excluding hydrogens is 91.0 g/mol. The van der Waals surface area contributed by atoms with Gasteiger partial charge in [0.1, 0.15) is 0 Å². The van der Waals surface area contributed by atoms with E-state index in [0.717, 1.165) is 13.2 Å². The van der Waals surface area contributed by atoms with Gasteiger partial charge in [0.05, 0.1) is 0 Å². The summed E-state index contributed by atoms with van der Waals surface area (Å²) in [5.74, 6) is 0. The van der Waals surface area contributed by atoms with Crippen LogP contribution in [0.5, 0.6) is 0 Å². The Bertz CT molecular complexity index is 27.4. The van der Waals surface area contributed by atoms with Gasteiger partial charge in [-0.15, -0.1) is 0 Å². The molecule has 1 saturated heterocycles. The summed E-state index contributed by atoms with van der Waals surface area (Å²) in [6.45, 7) is 2.00. The molecule has 1 nitrogen and oxygen atoms in total. The van der Waals surface area contributed by atoms with E-state index in [0.29, 0.717) is 0 Å². The summed E-state index contributed by atoms with van der Waals surface area (Å²) in [4.78, 5) is 0. The Kier molecular flexibility index (Phi) is 3.98. The first kappa shape index (κ1) is 6.49. The van der Waals surface area contributed by atoms with Crippen LogP contribution in [0.2, 0.25) is 0 Å². The van der Waals surface area contributed by atoms with Crippen molar-refractivity contribution in [1.29, 1.82) is 0 Å². The van der Waals surface area contributed by atoms with Gasteiger partial charge >= 0.3 is 17.4 Å². The van der Waals surface area contributed by atoms with Crippen molar-refractivity contribution in [2.45, 2.75) is 12.8 Å². The van der Waals surface area contributed by atoms with Crippen molar-refractivity contribution in [1.82, 2.24) is 0 Å². The van der Waals surface area contributed by atoms with E-state index in [4.69, 9.17) is 4.74 Å². The molecule has 1 fully saturated rings. The number of hydrogen-bond acceptors (Lipinski definition) is 1. The molecule has 0 N–H and O–H groups in total. The van der Waals surface area contributed by atoms with E-state index >= 15 is 0 Å². The second kappa shape index (κ2) is 3.67. The fourth-order valence-corrected chi connectivity index (χ4v) is 0.510. The first-order valence-corrected chi connectivity index (χ1v) is 2.08. The molecule has 1 heterocycles. The summed E-state index contributed by atoms with van der Waals surface area (Å²) in [6.07, 6.45) is 2.56. The summed E-state index contributed by atoms with van der Waals surface area (Å²) in [6, 6.07) is 0. The molecule has 0 aliphatic carbocycles. The van der Waals surface area contributed by atoms with E-state index < -0.39 is 0 Å². The zero-order valence-electron chi connectivity index (χ0n) is 6.81. The van der Waals surface area contributed by atoms with E-state index in [1.54, 1.807) is 0 Å². The second-order valence-electron chi connectivity index (χ2n) is 1.32. The maximum atomic E-state index is 4.94. The average Bonchev–Trinajstić information content (AvgIpc) is 1.76. The van der Waals surface area contributed by atoms with Gasteiger partial charge in [-0.2, -0.15) is 0 Å². The molecule has 1 rings (SSSR count). The van der Waals surface area contributed by atoms with Gasteiger partial charge in [0.15, 0.2) is 0 Å². The SMILES string of the molecule is C1CCOC1.[Al+3].[H-].[H-].[H-]. The van der Waals surface area contributed by atoms with Crippen LogP contribution in [0.25, 0.3) is 0 Å². The molecule has 0 radical (unpaired) electrons. The molecule has 0 aromatic carbocycles. The van der Waals surface area contributed by atoms with Crippen LogP contribution < -0.4 is 0 Å². The molecule has 1 aliphatic rings. The van der Waals surface area contributed by atoms with E-state index in [9.17, 15) is 0 Å². The van der Waals surface area contributed by atoms with Crippen molar-refractivity contribution in [3.63, 3.8) is 0 Å². The van der Waals surface area contributed by atoms with Gasteiger partial charge in [-0.25, -0.2) is 0 Å². The first-order valence-electron chi connectivity index (χ1n) is 2.08. The molecular formula is C4H11AlO. The predicted molar refractivity (Wildman–Crippen MR) is 29.1 cm³/mol. The van der Waals surface area contributed by atoms with E-state index in [-0.39, 0.29) is 21.6 Å². The van der Waals surface area contributed by atoms with E-state index in [1.165, 1.54) is 12.8 Å². The van der Waals surface area contributed by atoms with Gasteiger partial charge in [0, 0.05) is 13.2 Å². The Morgan fingerprint density at radius 1 is 1.17 bits per heavy atom. The third kappa shape index (κ3) is 1.82. The smallest absolute Gasteiger partial charge is 1.00 e. The van der Waals surface area contributed by atoms with Crippen LogP contribution in [0.15, 0.2) is 0 Å². The van der Waals surface area contributed by atoms with Crippen molar-refractivity contribution in [2.75, 3.05) is 13.2 Å². The molecule has 6 heavy (non-hydrogen) atoms. The minimum Gasteiger partial charge on any atom is -1.00 e. The summed E-state index contributed by atoms with van der Waals surface area (Å²) in [5, 5.41) is 0. The van der Waals surface area contributed by atoms with Crippen LogP contribution in [0.4, 0.5) is 0 Å². The summed E-state index contributed by atoms with van der Waals surface area (Å²) >= 11 is 0. The van der Waals surface area contributed by atoms with Crippen LogP contribution in [0, 0.1) is 0 Å². The molecule has 0 bridgehead atoms. The van der Waals surface area contributed by atoms with Crippen LogP contribution in [0.3, 0.4) is 0 Å². The van der Waals surface area contributed by atoms with Gasteiger partial charge in [-0.1, -0.05) is 0 Å². The molecule has 0 atom stereocenters. The molecule has 2 heteroatoms.